The number of hydrogen-bond acceptors (Lipinski definition) is 5. The Hall–Kier alpha value is -1.70. The number of nitrogens with zero attached hydrogens (tertiary/aromatic N) is 3. The fourth-order valence-corrected chi connectivity index (χ4v) is 3.44. The SMILES string of the molecule is COc1ccc(CN(C)CCCS(=O)(=O)N(C)C)c2cccnc12. The third-order valence-corrected chi connectivity index (χ3v) is 5.90. The summed E-state index contributed by atoms with van der Waals surface area (Å²) in [6.45, 7) is 1.44. The summed E-state index contributed by atoms with van der Waals surface area (Å²) < 4.78 is 30.2. The van der Waals surface area contributed by atoms with Crippen molar-refractivity contribution >= 4 is 20.9 Å². The number of ether oxygens (including phenoxy) is 1. The van der Waals surface area contributed by atoms with E-state index in [-0.39, 0.29) is 5.75 Å². The zero-order chi connectivity index (χ0) is 17.7. The van der Waals surface area contributed by atoms with E-state index in [2.05, 4.69) is 9.88 Å². The fourth-order valence-electron chi connectivity index (χ4n) is 2.58. The highest BCUT2D eigenvalue weighted by Gasteiger charge is 2.14. The van der Waals surface area contributed by atoms with Gasteiger partial charge in [-0.1, -0.05) is 12.1 Å². The van der Waals surface area contributed by atoms with Crippen molar-refractivity contribution in [3.05, 3.63) is 36.0 Å². The zero-order valence-electron chi connectivity index (χ0n) is 14.7. The van der Waals surface area contributed by atoms with Gasteiger partial charge in [0.15, 0.2) is 0 Å². The highest BCUT2D eigenvalue weighted by Crippen LogP contribution is 2.27. The molecule has 0 aliphatic rings. The van der Waals surface area contributed by atoms with Crippen LogP contribution in [-0.4, -0.2) is 63.2 Å². The molecule has 0 unspecified atom stereocenters. The molecule has 132 valence electrons. The molecule has 1 heterocycles. The van der Waals surface area contributed by atoms with Gasteiger partial charge < -0.3 is 9.64 Å². The molecule has 0 saturated heterocycles. The average molecular weight is 351 g/mol. The van der Waals surface area contributed by atoms with Crippen molar-refractivity contribution in [2.75, 3.05) is 40.6 Å². The van der Waals surface area contributed by atoms with E-state index in [0.717, 1.165) is 28.8 Å². The predicted molar refractivity (Wildman–Crippen MR) is 96.7 cm³/mol. The molecule has 0 atom stereocenters. The number of hydrogen-bond donors (Lipinski definition) is 0. The molecule has 0 N–H and O–H groups in total. The first-order valence-corrected chi connectivity index (χ1v) is 9.45. The second kappa shape index (κ2) is 7.92. The Morgan fingerprint density at radius 1 is 1.17 bits per heavy atom. The van der Waals surface area contributed by atoms with E-state index in [1.165, 1.54) is 4.31 Å². The summed E-state index contributed by atoms with van der Waals surface area (Å²) in [5, 5.41) is 1.06. The van der Waals surface area contributed by atoms with Gasteiger partial charge in [-0.25, -0.2) is 12.7 Å². The maximum atomic E-state index is 11.8. The van der Waals surface area contributed by atoms with Crippen LogP contribution in [0.4, 0.5) is 0 Å². The van der Waals surface area contributed by atoms with Crippen molar-refractivity contribution in [2.24, 2.45) is 0 Å². The summed E-state index contributed by atoms with van der Waals surface area (Å²) in [7, 11) is 3.63. The average Bonchev–Trinajstić information content (AvgIpc) is 2.55. The highest BCUT2D eigenvalue weighted by atomic mass is 32.2. The predicted octanol–water partition coefficient (Wildman–Crippen LogP) is 1.96. The summed E-state index contributed by atoms with van der Waals surface area (Å²) in [6.07, 6.45) is 2.35. The van der Waals surface area contributed by atoms with Crippen LogP contribution in [0.5, 0.6) is 5.75 Å². The number of pyridine rings is 1. The van der Waals surface area contributed by atoms with E-state index >= 15 is 0 Å². The van der Waals surface area contributed by atoms with Crippen LogP contribution in [-0.2, 0) is 16.6 Å². The molecule has 2 rings (SSSR count). The van der Waals surface area contributed by atoms with Crippen molar-refractivity contribution in [2.45, 2.75) is 13.0 Å². The minimum atomic E-state index is -3.13. The highest BCUT2D eigenvalue weighted by molar-refractivity contribution is 7.89. The van der Waals surface area contributed by atoms with Gasteiger partial charge in [0.2, 0.25) is 10.0 Å². The van der Waals surface area contributed by atoms with Gasteiger partial charge in [-0.05, 0) is 37.7 Å². The molecule has 2 aromatic rings. The Bertz CT molecular complexity index is 791. The Labute approximate surface area is 144 Å². The second-order valence-electron chi connectivity index (χ2n) is 6.02. The summed E-state index contributed by atoms with van der Waals surface area (Å²) in [4.78, 5) is 6.53. The molecule has 1 aromatic carbocycles. The molecular formula is C17H25N3O3S. The van der Waals surface area contributed by atoms with Crippen LogP contribution >= 0.6 is 0 Å². The van der Waals surface area contributed by atoms with E-state index in [9.17, 15) is 8.42 Å². The number of rotatable bonds is 8. The molecule has 1 aromatic heterocycles. The van der Waals surface area contributed by atoms with Crippen molar-refractivity contribution in [1.82, 2.24) is 14.2 Å². The lowest BCUT2D eigenvalue weighted by Gasteiger charge is -2.19. The summed E-state index contributed by atoms with van der Waals surface area (Å²) in [6, 6.07) is 7.91. The summed E-state index contributed by atoms with van der Waals surface area (Å²) >= 11 is 0. The van der Waals surface area contributed by atoms with E-state index in [1.54, 1.807) is 27.4 Å². The maximum Gasteiger partial charge on any atom is 0.213 e. The van der Waals surface area contributed by atoms with Crippen molar-refractivity contribution in [1.29, 1.82) is 0 Å². The number of sulfonamides is 1. The Morgan fingerprint density at radius 3 is 2.58 bits per heavy atom. The van der Waals surface area contributed by atoms with E-state index in [4.69, 9.17) is 4.74 Å². The molecular weight excluding hydrogens is 326 g/mol. The molecule has 0 radical (unpaired) electrons. The summed E-state index contributed by atoms with van der Waals surface area (Å²) in [5.74, 6) is 0.920. The van der Waals surface area contributed by atoms with Crippen LogP contribution in [0.2, 0.25) is 0 Å². The van der Waals surface area contributed by atoms with Crippen LogP contribution in [0, 0.1) is 0 Å². The van der Waals surface area contributed by atoms with Crippen LogP contribution in [0.3, 0.4) is 0 Å². The standard InChI is InChI=1S/C17H25N3O3S/c1-19(2)24(21,22)12-6-11-20(3)13-14-8-9-16(23-4)17-15(14)7-5-10-18-17/h5,7-10H,6,11-13H2,1-4H3. The molecule has 0 aliphatic heterocycles. The Morgan fingerprint density at radius 2 is 1.92 bits per heavy atom. The van der Waals surface area contributed by atoms with Crippen LogP contribution in [0.1, 0.15) is 12.0 Å². The molecule has 7 heteroatoms. The summed E-state index contributed by atoms with van der Waals surface area (Å²) in [5.41, 5.74) is 2.00. The molecule has 6 nitrogen and oxygen atoms in total. The van der Waals surface area contributed by atoms with Gasteiger partial charge >= 0.3 is 0 Å². The quantitative estimate of drug-likeness (QED) is 0.727. The number of fused-ring (bicyclic) bond motifs is 1. The first kappa shape index (κ1) is 18.6. The van der Waals surface area contributed by atoms with Gasteiger partial charge in [-0.15, -0.1) is 0 Å². The Balaban J connectivity index is 2.05. The van der Waals surface area contributed by atoms with Crippen molar-refractivity contribution in [3.63, 3.8) is 0 Å². The zero-order valence-corrected chi connectivity index (χ0v) is 15.5. The van der Waals surface area contributed by atoms with Crippen LogP contribution in [0.25, 0.3) is 10.9 Å². The first-order chi connectivity index (χ1) is 11.3. The third kappa shape index (κ3) is 4.43. The molecule has 0 aliphatic carbocycles. The van der Waals surface area contributed by atoms with Gasteiger partial charge in [0.1, 0.15) is 11.3 Å². The molecule has 0 amide bonds. The Kier molecular flexibility index (Phi) is 6.15. The minimum Gasteiger partial charge on any atom is -0.494 e. The van der Waals surface area contributed by atoms with Crippen molar-refractivity contribution < 1.29 is 13.2 Å². The fraction of sp³-hybridized carbons (Fsp3) is 0.471. The first-order valence-electron chi connectivity index (χ1n) is 7.84. The monoisotopic (exact) mass is 351 g/mol. The van der Waals surface area contributed by atoms with E-state index < -0.39 is 10.0 Å². The van der Waals surface area contributed by atoms with Crippen molar-refractivity contribution in [3.8, 4) is 5.75 Å². The minimum absolute atomic E-state index is 0.162. The van der Waals surface area contributed by atoms with Crippen LogP contribution in [0.15, 0.2) is 30.5 Å². The molecule has 0 spiro atoms. The smallest absolute Gasteiger partial charge is 0.213 e. The number of aromatic nitrogens is 1. The van der Waals surface area contributed by atoms with Gasteiger partial charge in [-0.3, -0.25) is 4.98 Å². The second-order valence-corrected chi connectivity index (χ2v) is 8.32. The molecule has 0 saturated carbocycles. The van der Waals surface area contributed by atoms with Gasteiger partial charge in [0.05, 0.1) is 12.9 Å². The largest absolute Gasteiger partial charge is 0.494 e. The van der Waals surface area contributed by atoms with Crippen LogP contribution < -0.4 is 4.74 Å². The van der Waals surface area contributed by atoms with E-state index in [0.29, 0.717) is 13.0 Å². The molecule has 24 heavy (non-hydrogen) atoms. The molecule has 0 bridgehead atoms. The lowest BCUT2D eigenvalue weighted by Crippen LogP contribution is -2.28. The van der Waals surface area contributed by atoms with E-state index in [1.807, 2.05) is 31.3 Å². The molecule has 0 fully saturated rings. The number of benzene rings is 1. The lowest BCUT2D eigenvalue weighted by molar-refractivity contribution is 0.328. The van der Waals surface area contributed by atoms with Gasteiger partial charge in [0.25, 0.3) is 0 Å². The number of methoxy groups -OCH3 is 1. The normalized spacial score (nSPS) is 12.2. The van der Waals surface area contributed by atoms with Gasteiger partial charge in [0, 0.05) is 32.2 Å². The lowest BCUT2D eigenvalue weighted by atomic mass is 10.1. The maximum absolute atomic E-state index is 11.8. The van der Waals surface area contributed by atoms with Gasteiger partial charge in [-0.2, -0.15) is 0 Å². The third-order valence-electron chi connectivity index (χ3n) is 3.98. The topological polar surface area (TPSA) is 62.7 Å².